The molecular formula is C10H11BrO2. The van der Waals surface area contributed by atoms with E-state index < -0.39 is 6.10 Å². The molecule has 1 aliphatic carbocycles. The number of rotatable bonds is 1. The smallest absolute Gasteiger partial charge is 0.0799 e. The topological polar surface area (TPSA) is 40.5 Å². The molecule has 0 unspecified atom stereocenters. The van der Waals surface area contributed by atoms with Crippen LogP contribution in [-0.4, -0.2) is 16.8 Å². The van der Waals surface area contributed by atoms with E-state index in [4.69, 9.17) is 5.11 Å². The summed E-state index contributed by atoms with van der Waals surface area (Å²) in [6, 6.07) is 5.84. The highest BCUT2D eigenvalue weighted by Crippen LogP contribution is 2.40. The van der Waals surface area contributed by atoms with E-state index in [0.29, 0.717) is 6.42 Å². The van der Waals surface area contributed by atoms with Crippen molar-refractivity contribution in [3.8, 4) is 0 Å². The maximum absolute atomic E-state index is 9.68. The fourth-order valence-corrected chi connectivity index (χ4v) is 2.28. The first kappa shape index (κ1) is 9.19. The molecule has 1 aromatic carbocycles. The lowest BCUT2D eigenvalue weighted by Gasteiger charge is -2.06. The molecule has 2 rings (SSSR count). The Balaban J connectivity index is 2.46. The van der Waals surface area contributed by atoms with Crippen LogP contribution in [0.2, 0.25) is 0 Å². The lowest BCUT2D eigenvalue weighted by atomic mass is 10.0. The van der Waals surface area contributed by atoms with Gasteiger partial charge in [0, 0.05) is 10.4 Å². The summed E-state index contributed by atoms with van der Waals surface area (Å²) in [5.41, 5.74) is 2.03. The number of hydrogen-bond acceptors (Lipinski definition) is 2. The predicted molar refractivity (Wildman–Crippen MR) is 53.5 cm³/mol. The molecule has 1 aromatic rings. The van der Waals surface area contributed by atoms with Gasteiger partial charge in [0.2, 0.25) is 0 Å². The summed E-state index contributed by atoms with van der Waals surface area (Å²) >= 11 is 3.36. The normalized spacial score (nSPS) is 26.1. The highest BCUT2D eigenvalue weighted by Gasteiger charge is 2.28. The van der Waals surface area contributed by atoms with Crippen molar-refractivity contribution in [2.45, 2.75) is 18.4 Å². The van der Waals surface area contributed by atoms with Crippen molar-refractivity contribution in [1.29, 1.82) is 0 Å². The molecular weight excluding hydrogens is 232 g/mol. The van der Waals surface area contributed by atoms with Gasteiger partial charge in [-0.15, -0.1) is 0 Å². The van der Waals surface area contributed by atoms with E-state index in [1.54, 1.807) is 0 Å². The number of hydrogen-bond donors (Lipinski definition) is 2. The van der Waals surface area contributed by atoms with Crippen molar-refractivity contribution < 1.29 is 10.2 Å². The van der Waals surface area contributed by atoms with Crippen molar-refractivity contribution >= 4 is 15.9 Å². The Morgan fingerprint density at radius 2 is 2.15 bits per heavy atom. The van der Waals surface area contributed by atoms with Crippen LogP contribution in [0.25, 0.3) is 0 Å². The highest BCUT2D eigenvalue weighted by atomic mass is 79.9. The quantitative estimate of drug-likeness (QED) is 0.791. The molecule has 3 heteroatoms. The second kappa shape index (κ2) is 3.40. The van der Waals surface area contributed by atoms with Gasteiger partial charge in [-0.2, -0.15) is 0 Å². The van der Waals surface area contributed by atoms with Gasteiger partial charge >= 0.3 is 0 Å². The molecule has 0 bridgehead atoms. The molecule has 0 amide bonds. The highest BCUT2D eigenvalue weighted by molar-refractivity contribution is 9.10. The zero-order valence-electron chi connectivity index (χ0n) is 7.07. The van der Waals surface area contributed by atoms with E-state index in [0.717, 1.165) is 15.6 Å². The number of halogens is 1. The molecule has 1 aliphatic rings. The van der Waals surface area contributed by atoms with E-state index >= 15 is 0 Å². The number of aliphatic hydroxyl groups is 2. The van der Waals surface area contributed by atoms with Crippen LogP contribution in [0.5, 0.6) is 0 Å². The fourth-order valence-electron chi connectivity index (χ4n) is 1.90. The van der Waals surface area contributed by atoms with Gasteiger partial charge in [0.05, 0.1) is 12.7 Å². The number of fused-ring (bicyclic) bond motifs is 1. The van der Waals surface area contributed by atoms with Crippen LogP contribution in [0.3, 0.4) is 0 Å². The number of aliphatic hydroxyl groups excluding tert-OH is 2. The maximum atomic E-state index is 9.68. The minimum atomic E-state index is -0.412. The van der Waals surface area contributed by atoms with Crippen LogP contribution in [0.15, 0.2) is 22.7 Å². The third-order valence-corrected chi connectivity index (χ3v) is 3.07. The Kier molecular flexibility index (Phi) is 2.41. The monoisotopic (exact) mass is 242 g/mol. The van der Waals surface area contributed by atoms with Gasteiger partial charge in [-0.05, 0) is 29.7 Å². The molecule has 0 radical (unpaired) electrons. The fraction of sp³-hybridized carbons (Fsp3) is 0.400. The third-order valence-electron chi connectivity index (χ3n) is 2.58. The van der Waals surface area contributed by atoms with Gasteiger partial charge in [0.15, 0.2) is 0 Å². The molecule has 0 saturated carbocycles. The van der Waals surface area contributed by atoms with Crippen molar-refractivity contribution in [2.24, 2.45) is 0 Å². The van der Waals surface area contributed by atoms with Gasteiger partial charge in [-0.1, -0.05) is 22.0 Å². The van der Waals surface area contributed by atoms with Crippen LogP contribution >= 0.6 is 15.9 Å². The van der Waals surface area contributed by atoms with Crippen molar-refractivity contribution in [2.75, 3.05) is 6.61 Å². The van der Waals surface area contributed by atoms with Crippen LogP contribution in [0.4, 0.5) is 0 Å². The Hall–Kier alpha value is -0.380. The summed E-state index contributed by atoms with van der Waals surface area (Å²) < 4.78 is 0.976. The van der Waals surface area contributed by atoms with Gasteiger partial charge in [0.1, 0.15) is 0 Å². The minimum Gasteiger partial charge on any atom is -0.396 e. The Labute approximate surface area is 85.3 Å². The van der Waals surface area contributed by atoms with Gasteiger partial charge < -0.3 is 10.2 Å². The summed E-state index contributed by atoms with van der Waals surface area (Å²) in [7, 11) is 0. The lowest BCUT2D eigenvalue weighted by Crippen LogP contribution is -1.98. The summed E-state index contributed by atoms with van der Waals surface area (Å²) in [5, 5.41) is 18.8. The van der Waals surface area contributed by atoms with Gasteiger partial charge in [-0.25, -0.2) is 0 Å². The molecule has 13 heavy (non-hydrogen) atoms. The maximum Gasteiger partial charge on any atom is 0.0799 e. The van der Waals surface area contributed by atoms with E-state index in [9.17, 15) is 5.11 Å². The standard InChI is InChI=1S/C10H11BrO2/c11-7-1-2-8-6(5-12)3-10(13)9(8)4-7/h1-2,4,6,10,12-13H,3,5H2/t6-,10-/m0/s1. The first-order valence-corrected chi connectivity index (χ1v) is 5.10. The van der Waals surface area contributed by atoms with Crippen LogP contribution in [0, 0.1) is 0 Å². The van der Waals surface area contributed by atoms with Crippen LogP contribution in [-0.2, 0) is 0 Å². The van der Waals surface area contributed by atoms with E-state index in [1.807, 2.05) is 18.2 Å². The number of benzene rings is 1. The molecule has 2 N–H and O–H groups in total. The largest absolute Gasteiger partial charge is 0.396 e. The molecule has 0 aliphatic heterocycles. The summed E-state index contributed by atoms with van der Waals surface area (Å²) in [4.78, 5) is 0. The molecule has 0 saturated heterocycles. The average Bonchev–Trinajstić information content (AvgIpc) is 2.43. The first-order chi connectivity index (χ1) is 6.22. The summed E-state index contributed by atoms with van der Waals surface area (Å²) in [6.07, 6.45) is 0.229. The molecule has 2 atom stereocenters. The minimum absolute atomic E-state index is 0.109. The third kappa shape index (κ3) is 1.52. The Bertz CT molecular complexity index is 325. The Morgan fingerprint density at radius 1 is 1.38 bits per heavy atom. The molecule has 2 nitrogen and oxygen atoms in total. The molecule has 0 heterocycles. The van der Waals surface area contributed by atoms with E-state index in [2.05, 4.69) is 15.9 Å². The van der Waals surface area contributed by atoms with Gasteiger partial charge in [-0.3, -0.25) is 0 Å². The predicted octanol–water partition coefficient (Wildman–Crippen LogP) is 1.96. The second-order valence-corrected chi connectivity index (χ2v) is 4.32. The van der Waals surface area contributed by atoms with Crippen molar-refractivity contribution in [3.63, 3.8) is 0 Å². The van der Waals surface area contributed by atoms with Gasteiger partial charge in [0.25, 0.3) is 0 Å². The van der Waals surface area contributed by atoms with Crippen LogP contribution in [0.1, 0.15) is 29.6 Å². The average molecular weight is 243 g/mol. The first-order valence-electron chi connectivity index (χ1n) is 4.30. The summed E-state index contributed by atoms with van der Waals surface area (Å²) in [6.45, 7) is 0.117. The van der Waals surface area contributed by atoms with Crippen molar-refractivity contribution in [1.82, 2.24) is 0 Å². The van der Waals surface area contributed by atoms with E-state index in [-0.39, 0.29) is 12.5 Å². The summed E-state index contributed by atoms with van der Waals surface area (Å²) in [5.74, 6) is 0.109. The van der Waals surface area contributed by atoms with Crippen LogP contribution < -0.4 is 0 Å². The molecule has 70 valence electrons. The lowest BCUT2D eigenvalue weighted by molar-refractivity contribution is 0.158. The zero-order valence-corrected chi connectivity index (χ0v) is 8.66. The van der Waals surface area contributed by atoms with Crippen molar-refractivity contribution in [3.05, 3.63) is 33.8 Å². The second-order valence-electron chi connectivity index (χ2n) is 3.40. The Morgan fingerprint density at radius 3 is 2.85 bits per heavy atom. The molecule has 0 aromatic heterocycles. The van der Waals surface area contributed by atoms with E-state index in [1.165, 1.54) is 0 Å². The molecule has 0 fully saturated rings. The zero-order chi connectivity index (χ0) is 9.42. The SMILES string of the molecule is OC[C@@H]1C[C@H](O)c2cc(Br)ccc21. The molecule has 0 spiro atoms.